The lowest BCUT2D eigenvalue weighted by Crippen LogP contribution is -2.34. The molecule has 0 radical (unpaired) electrons. The standard InChI is InChI=1S/C10H19NO.C3H6O.3C2H6/c1-9-3-6-11(7-4-9)8-5-10(2)12;1-3(2)4;3*1-2/h9H,3-8H2,1-2H3;1-2H3;3*1-2H3. The summed E-state index contributed by atoms with van der Waals surface area (Å²) in [6, 6.07) is 0. The lowest BCUT2D eigenvalue weighted by atomic mass is 9.99. The van der Waals surface area contributed by atoms with Gasteiger partial charge in [-0.3, -0.25) is 4.79 Å². The SMILES string of the molecule is CC.CC.CC.CC(=O)CCN1CCC(C)CC1.CC(C)=O. The third kappa shape index (κ3) is 31.6. The van der Waals surface area contributed by atoms with Crippen LogP contribution in [-0.2, 0) is 9.59 Å². The first-order chi connectivity index (χ1) is 10.4. The third-order valence-corrected chi connectivity index (χ3v) is 2.66. The Kier molecular flexibility index (Phi) is 33.7. The van der Waals surface area contributed by atoms with Gasteiger partial charge in [0.1, 0.15) is 11.6 Å². The fraction of sp³-hybridized carbons (Fsp3) is 0.895. The average Bonchev–Trinajstić information content (AvgIpc) is 2.52. The fourth-order valence-corrected chi connectivity index (χ4v) is 1.60. The first kappa shape index (κ1) is 29.3. The van der Waals surface area contributed by atoms with E-state index in [1.807, 2.05) is 41.5 Å². The minimum Gasteiger partial charge on any atom is -0.303 e. The van der Waals surface area contributed by atoms with E-state index in [9.17, 15) is 9.59 Å². The molecule has 1 aliphatic heterocycles. The van der Waals surface area contributed by atoms with Gasteiger partial charge in [-0.15, -0.1) is 0 Å². The van der Waals surface area contributed by atoms with Crippen LogP contribution in [0.5, 0.6) is 0 Å². The number of piperidine rings is 1. The van der Waals surface area contributed by atoms with Crippen molar-refractivity contribution in [2.75, 3.05) is 19.6 Å². The monoisotopic (exact) mass is 317 g/mol. The second-order valence-corrected chi connectivity index (χ2v) is 4.88. The molecule has 1 fully saturated rings. The number of carbonyl (C=O) groups is 2. The van der Waals surface area contributed by atoms with Gasteiger partial charge in [-0.25, -0.2) is 0 Å². The van der Waals surface area contributed by atoms with E-state index in [0.717, 1.165) is 18.9 Å². The topological polar surface area (TPSA) is 37.4 Å². The summed E-state index contributed by atoms with van der Waals surface area (Å²) in [5.74, 6) is 1.37. The third-order valence-electron chi connectivity index (χ3n) is 2.66. The summed E-state index contributed by atoms with van der Waals surface area (Å²) in [7, 11) is 0. The van der Waals surface area contributed by atoms with Crippen LogP contribution in [0, 0.1) is 5.92 Å². The van der Waals surface area contributed by atoms with Gasteiger partial charge >= 0.3 is 0 Å². The van der Waals surface area contributed by atoms with Gasteiger partial charge in [-0.05, 0) is 52.6 Å². The molecule has 0 amide bonds. The molecule has 22 heavy (non-hydrogen) atoms. The molecule has 136 valence electrons. The predicted octanol–water partition coefficient (Wildman–Crippen LogP) is 5.37. The normalized spacial score (nSPS) is 13.5. The zero-order chi connectivity index (χ0) is 18.6. The van der Waals surface area contributed by atoms with Crippen molar-refractivity contribution >= 4 is 11.6 Å². The maximum absolute atomic E-state index is 10.7. The van der Waals surface area contributed by atoms with E-state index in [2.05, 4.69) is 11.8 Å². The first-order valence-corrected chi connectivity index (χ1v) is 9.10. The number of nitrogens with zero attached hydrogens (tertiary/aromatic N) is 1. The fourth-order valence-electron chi connectivity index (χ4n) is 1.60. The van der Waals surface area contributed by atoms with Crippen LogP contribution in [0.25, 0.3) is 0 Å². The Morgan fingerprint density at radius 1 is 0.864 bits per heavy atom. The van der Waals surface area contributed by atoms with Gasteiger partial charge in [0, 0.05) is 13.0 Å². The molecule has 0 spiro atoms. The van der Waals surface area contributed by atoms with Crippen molar-refractivity contribution in [2.45, 2.75) is 88.5 Å². The zero-order valence-corrected chi connectivity index (χ0v) is 17.1. The van der Waals surface area contributed by atoms with Crippen LogP contribution in [0.3, 0.4) is 0 Å². The predicted molar refractivity (Wildman–Crippen MR) is 101 cm³/mol. The van der Waals surface area contributed by atoms with E-state index in [0.29, 0.717) is 5.78 Å². The van der Waals surface area contributed by atoms with Gasteiger partial charge < -0.3 is 9.69 Å². The molecule has 0 aromatic heterocycles. The number of ketones is 2. The Labute approximate surface area is 140 Å². The van der Waals surface area contributed by atoms with E-state index in [4.69, 9.17) is 0 Å². The van der Waals surface area contributed by atoms with Crippen LogP contribution in [0.15, 0.2) is 0 Å². The van der Waals surface area contributed by atoms with Crippen LogP contribution in [-0.4, -0.2) is 36.1 Å². The van der Waals surface area contributed by atoms with Crippen LogP contribution < -0.4 is 0 Å². The molecule has 1 saturated heterocycles. The number of carbonyl (C=O) groups excluding carboxylic acids is 2. The molecule has 0 aromatic rings. The van der Waals surface area contributed by atoms with Crippen molar-refractivity contribution in [1.82, 2.24) is 4.90 Å². The highest BCUT2D eigenvalue weighted by Gasteiger charge is 2.15. The molecule has 0 bridgehead atoms. The molecule has 3 nitrogen and oxygen atoms in total. The van der Waals surface area contributed by atoms with Crippen molar-refractivity contribution in [2.24, 2.45) is 5.92 Å². The number of hydrogen-bond donors (Lipinski definition) is 0. The van der Waals surface area contributed by atoms with Crippen molar-refractivity contribution in [3.8, 4) is 0 Å². The Bertz CT molecular complexity index is 215. The van der Waals surface area contributed by atoms with E-state index in [1.54, 1.807) is 6.92 Å². The molecule has 0 N–H and O–H groups in total. The summed E-state index contributed by atoms with van der Waals surface area (Å²) < 4.78 is 0. The number of Topliss-reactive ketones (excluding diaryl/α,β-unsaturated/α-hetero) is 2. The number of rotatable bonds is 3. The Hall–Kier alpha value is -0.700. The lowest BCUT2D eigenvalue weighted by Gasteiger charge is -2.29. The lowest BCUT2D eigenvalue weighted by molar-refractivity contribution is -0.117. The molecule has 0 aromatic carbocycles. The Morgan fingerprint density at radius 2 is 1.18 bits per heavy atom. The molecule has 0 unspecified atom stereocenters. The highest BCUT2D eigenvalue weighted by atomic mass is 16.1. The molecule has 1 aliphatic rings. The minimum atomic E-state index is 0.167. The van der Waals surface area contributed by atoms with Crippen molar-refractivity contribution in [1.29, 1.82) is 0 Å². The van der Waals surface area contributed by atoms with Gasteiger partial charge in [0.25, 0.3) is 0 Å². The summed E-state index contributed by atoms with van der Waals surface area (Å²) >= 11 is 0. The second kappa shape index (κ2) is 25.3. The van der Waals surface area contributed by atoms with Crippen LogP contribution in [0.1, 0.15) is 88.5 Å². The summed E-state index contributed by atoms with van der Waals surface area (Å²) in [5.41, 5.74) is 0. The van der Waals surface area contributed by atoms with Gasteiger partial charge in [0.2, 0.25) is 0 Å². The molecular weight excluding hydrogens is 274 g/mol. The maximum atomic E-state index is 10.7. The molecule has 1 heterocycles. The van der Waals surface area contributed by atoms with E-state index in [-0.39, 0.29) is 5.78 Å². The van der Waals surface area contributed by atoms with Gasteiger partial charge in [0.05, 0.1) is 0 Å². The molecule has 3 heteroatoms. The summed E-state index contributed by atoms with van der Waals surface area (Å²) in [5, 5.41) is 0. The minimum absolute atomic E-state index is 0.167. The highest BCUT2D eigenvalue weighted by Crippen LogP contribution is 2.15. The van der Waals surface area contributed by atoms with E-state index in [1.165, 1.54) is 39.8 Å². The number of hydrogen-bond acceptors (Lipinski definition) is 3. The van der Waals surface area contributed by atoms with Gasteiger partial charge in [0.15, 0.2) is 0 Å². The van der Waals surface area contributed by atoms with Crippen LogP contribution >= 0.6 is 0 Å². The van der Waals surface area contributed by atoms with E-state index < -0.39 is 0 Å². The quantitative estimate of drug-likeness (QED) is 0.702. The smallest absolute Gasteiger partial charge is 0.131 e. The van der Waals surface area contributed by atoms with Gasteiger partial charge in [-0.1, -0.05) is 48.5 Å². The number of likely N-dealkylation sites (tertiary alicyclic amines) is 1. The zero-order valence-electron chi connectivity index (χ0n) is 17.1. The Morgan fingerprint density at radius 3 is 1.45 bits per heavy atom. The molecule has 0 atom stereocenters. The van der Waals surface area contributed by atoms with Crippen LogP contribution in [0.2, 0.25) is 0 Å². The maximum Gasteiger partial charge on any atom is 0.131 e. The first-order valence-electron chi connectivity index (χ1n) is 9.10. The summed E-state index contributed by atoms with van der Waals surface area (Å²) in [6.07, 6.45) is 3.34. The van der Waals surface area contributed by atoms with Gasteiger partial charge in [-0.2, -0.15) is 0 Å². The van der Waals surface area contributed by atoms with Crippen molar-refractivity contribution in [3.63, 3.8) is 0 Å². The molecular formula is C19H43NO2. The molecule has 0 saturated carbocycles. The van der Waals surface area contributed by atoms with Crippen molar-refractivity contribution in [3.05, 3.63) is 0 Å². The Balaban J connectivity index is -0.000000136. The molecule has 0 aliphatic carbocycles. The van der Waals surface area contributed by atoms with Crippen molar-refractivity contribution < 1.29 is 9.59 Å². The van der Waals surface area contributed by atoms with E-state index >= 15 is 0 Å². The summed E-state index contributed by atoms with van der Waals surface area (Å²) in [4.78, 5) is 22.6. The summed E-state index contributed by atoms with van der Waals surface area (Å²) in [6.45, 7) is 22.4. The molecule has 1 rings (SSSR count). The highest BCUT2D eigenvalue weighted by molar-refractivity contribution is 5.75. The second-order valence-electron chi connectivity index (χ2n) is 4.88. The average molecular weight is 318 g/mol. The van der Waals surface area contributed by atoms with Crippen LogP contribution in [0.4, 0.5) is 0 Å². The largest absolute Gasteiger partial charge is 0.303 e.